The van der Waals surface area contributed by atoms with E-state index in [1.165, 1.54) is 11.3 Å². The van der Waals surface area contributed by atoms with Crippen LogP contribution in [0, 0.1) is 0 Å². The minimum atomic E-state index is -0.823. The number of thiophene rings is 1. The van der Waals surface area contributed by atoms with Crippen molar-refractivity contribution < 1.29 is 19.1 Å². The average Bonchev–Trinajstić information content (AvgIpc) is 3.18. The molecule has 0 saturated carbocycles. The summed E-state index contributed by atoms with van der Waals surface area (Å²) in [5.41, 5.74) is 2.15. The summed E-state index contributed by atoms with van der Waals surface area (Å²) in [6, 6.07) is 1.55. The number of nitrogens with zero attached hydrogens (tertiary/aromatic N) is 2. The minimum absolute atomic E-state index is 0.160. The Kier molecular flexibility index (Phi) is 5.31. The van der Waals surface area contributed by atoms with Crippen LogP contribution in [0.4, 0.5) is 9.80 Å². The number of fused-ring (bicyclic) bond motifs is 1. The third-order valence-corrected chi connectivity index (χ3v) is 4.84. The van der Waals surface area contributed by atoms with Gasteiger partial charge in [-0.05, 0) is 36.9 Å². The number of hydrogen-bond acceptors (Lipinski definition) is 7. The molecule has 3 rings (SSSR count). The van der Waals surface area contributed by atoms with E-state index in [1.54, 1.807) is 23.3 Å². The summed E-state index contributed by atoms with van der Waals surface area (Å²) < 4.78 is 4.71. The van der Waals surface area contributed by atoms with Gasteiger partial charge >= 0.3 is 6.09 Å². The lowest BCUT2D eigenvalue weighted by molar-refractivity contribution is -0.122. The highest BCUT2D eigenvalue weighted by molar-refractivity contribution is 7.14. The molecule has 3 heterocycles. The lowest BCUT2D eigenvalue weighted by Crippen LogP contribution is -2.45. The standard InChI is InChI=1S/C18H20N4O4S/c1-4-26-18(25)20-14(23)13-7-8-27-16(13)19-15(24)17-21(3)10-12-6-5-11(2)9-22(12)17/h5-10,17H,4H2,1-3H3,(H,19,24)(H,20,23,25). The van der Waals surface area contributed by atoms with Gasteiger partial charge in [0.1, 0.15) is 5.00 Å². The number of ether oxygens (including phenoxy) is 1. The number of rotatable bonds is 4. The molecule has 0 aliphatic carbocycles. The van der Waals surface area contributed by atoms with Gasteiger partial charge in [0, 0.05) is 19.4 Å². The number of alkyl carbamates (subject to hydrolysis) is 1. The van der Waals surface area contributed by atoms with Gasteiger partial charge in [0.2, 0.25) is 0 Å². The molecule has 142 valence electrons. The van der Waals surface area contributed by atoms with Gasteiger partial charge in [-0.3, -0.25) is 14.9 Å². The van der Waals surface area contributed by atoms with Crippen LogP contribution >= 0.6 is 11.3 Å². The van der Waals surface area contributed by atoms with Gasteiger partial charge in [-0.1, -0.05) is 6.08 Å². The highest BCUT2D eigenvalue weighted by Gasteiger charge is 2.35. The van der Waals surface area contributed by atoms with Crippen LogP contribution in [0.5, 0.6) is 0 Å². The zero-order chi connectivity index (χ0) is 19.6. The molecule has 0 bridgehead atoms. The zero-order valence-corrected chi connectivity index (χ0v) is 16.0. The Morgan fingerprint density at radius 3 is 2.78 bits per heavy atom. The zero-order valence-electron chi connectivity index (χ0n) is 15.2. The molecule has 8 nitrogen and oxygen atoms in total. The van der Waals surface area contributed by atoms with E-state index in [0.29, 0.717) is 5.00 Å². The van der Waals surface area contributed by atoms with Crippen LogP contribution in [0.15, 0.2) is 47.3 Å². The number of allylic oxidation sites excluding steroid dienone is 3. The predicted molar refractivity (Wildman–Crippen MR) is 102 cm³/mol. The number of hydrogen-bond donors (Lipinski definition) is 2. The van der Waals surface area contributed by atoms with Gasteiger partial charge in [-0.15, -0.1) is 11.3 Å². The van der Waals surface area contributed by atoms with Crippen LogP contribution in [0.2, 0.25) is 0 Å². The third-order valence-electron chi connectivity index (χ3n) is 4.02. The summed E-state index contributed by atoms with van der Waals surface area (Å²) in [6.07, 6.45) is 6.32. The Morgan fingerprint density at radius 2 is 2.04 bits per heavy atom. The van der Waals surface area contributed by atoms with E-state index < -0.39 is 18.2 Å². The summed E-state index contributed by atoms with van der Waals surface area (Å²) >= 11 is 1.21. The first-order chi connectivity index (χ1) is 12.9. The van der Waals surface area contributed by atoms with Crippen molar-refractivity contribution in [2.45, 2.75) is 20.0 Å². The first-order valence-electron chi connectivity index (χ1n) is 8.35. The van der Waals surface area contributed by atoms with Crippen LogP contribution in [-0.4, -0.2) is 47.5 Å². The topological polar surface area (TPSA) is 91.0 Å². The maximum Gasteiger partial charge on any atom is 0.414 e. The number of amides is 3. The van der Waals surface area contributed by atoms with Crippen molar-refractivity contribution in [2.24, 2.45) is 0 Å². The second kappa shape index (κ2) is 7.67. The highest BCUT2D eigenvalue weighted by Crippen LogP contribution is 2.30. The molecule has 2 aliphatic rings. The van der Waals surface area contributed by atoms with E-state index >= 15 is 0 Å². The molecule has 9 heteroatoms. The van der Waals surface area contributed by atoms with E-state index in [0.717, 1.165) is 11.3 Å². The van der Waals surface area contributed by atoms with Crippen molar-refractivity contribution in [2.75, 3.05) is 19.0 Å². The molecule has 1 unspecified atom stereocenters. The van der Waals surface area contributed by atoms with E-state index in [9.17, 15) is 14.4 Å². The molecule has 27 heavy (non-hydrogen) atoms. The Labute approximate surface area is 160 Å². The second-order valence-corrected chi connectivity index (χ2v) is 6.95. The number of anilines is 1. The molecule has 2 N–H and O–H groups in total. The Bertz CT molecular complexity index is 870. The van der Waals surface area contributed by atoms with E-state index in [4.69, 9.17) is 4.74 Å². The highest BCUT2D eigenvalue weighted by atomic mass is 32.1. The molecule has 1 aromatic heterocycles. The Hall–Kier alpha value is -3.07. The molecular weight excluding hydrogens is 368 g/mol. The molecule has 0 spiro atoms. The summed E-state index contributed by atoms with van der Waals surface area (Å²) in [5, 5.41) is 6.97. The molecule has 0 radical (unpaired) electrons. The van der Waals surface area contributed by atoms with Crippen LogP contribution in [0.1, 0.15) is 24.2 Å². The largest absolute Gasteiger partial charge is 0.450 e. The number of carbonyl (C=O) groups excluding carboxylic acids is 3. The lowest BCUT2D eigenvalue weighted by atomic mass is 10.2. The predicted octanol–water partition coefficient (Wildman–Crippen LogP) is 2.46. The maximum atomic E-state index is 12.9. The summed E-state index contributed by atoms with van der Waals surface area (Å²) in [7, 11) is 1.81. The lowest BCUT2D eigenvalue weighted by Gasteiger charge is -2.29. The molecular formula is C18H20N4O4S. The summed E-state index contributed by atoms with van der Waals surface area (Å²) in [5.74, 6) is -0.907. The van der Waals surface area contributed by atoms with E-state index in [-0.39, 0.29) is 18.1 Å². The van der Waals surface area contributed by atoms with Gasteiger partial charge in [0.15, 0.2) is 6.17 Å². The minimum Gasteiger partial charge on any atom is -0.450 e. The Morgan fingerprint density at radius 1 is 1.26 bits per heavy atom. The molecule has 0 fully saturated rings. The number of likely N-dealkylation sites (N-methyl/N-ethyl adjacent to an activating group) is 1. The van der Waals surface area contributed by atoms with E-state index in [1.807, 2.05) is 43.4 Å². The molecule has 2 aliphatic heterocycles. The van der Waals surface area contributed by atoms with Crippen LogP contribution < -0.4 is 10.6 Å². The fourth-order valence-electron chi connectivity index (χ4n) is 2.84. The smallest absolute Gasteiger partial charge is 0.414 e. The molecule has 0 saturated heterocycles. The van der Waals surface area contributed by atoms with Gasteiger partial charge < -0.3 is 19.9 Å². The van der Waals surface area contributed by atoms with E-state index in [2.05, 4.69) is 10.6 Å². The first kappa shape index (κ1) is 18.7. The molecule has 3 amide bonds. The van der Waals surface area contributed by atoms with Gasteiger partial charge in [0.25, 0.3) is 11.8 Å². The SMILES string of the molecule is CCOC(=O)NC(=O)c1ccsc1NC(=O)C1N(C)C=C2C=CC(C)=CN21. The fraction of sp³-hybridized carbons (Fsp3) is 0.278. The molecule has 1 atom stereocenters. The van der Waals surface area contributed by atoms with Gasteiger partial charge in [0.05, 0.1) is 17.9 Å². The number of imide groups is 1. The first-order valence-corrected chi connectivity index (χ1v) is 9.23. The summed E-state index contributed by atoms with van der Waals surface area (Å²) in [6.45, 7) is 3.76. The fourth-order valence-corrected chi connectivity index (χ4v) is 3.62. The maximum absolute atomic E-state index is 12.9. The number of carbonyl (C=O) groups is 3. The molecule has 0 aromatic carbocycles. The Balaban J connectivity index is 1.72. The second-order valence-electron chi connectivity index (χ2n) is 6.03. The quantitative estimate of drug-likeness (QED) is 0.823. The van der Waals surface area contributed by atoms with Crippen LogP contribution in [0.25, 0.3) is 0 Å². The van der Waals surface area contributed by atoms with Crippen LogP contribution in [0.3, 0.4) is 0 Å². The van der Waals surface area contributed by atoms with Crippen molar-refractivity contribution in [3.8, 4) is 0 Å². The average molecular weight is 388 g/mol. The third kappa shape index (κ3) is 3.87. The monoisotopic (exact) mass is 388 g/mol. The summed E-state index contributed by atoms with van der Waals surface area (Å²) in [4.78, 5) is 40.3. The van der Waals surface area contributed by atoms with Gasteiger partial charge in [-0.2, -0.15) is 0 Å². The van der Waals surface area contributed by atoms with Crippen molar-refractivity contribution in [3.05, 3.63) is 52.8 Å². The normalized spacial score (nSPS) is 17.8. The number of nitrogens with one attached hydrogen (secondary N) is 2. The van der Waals surface area contributed by atoms with Crippen molar-refractivity contribution in [1.29, 1.82) is 0 Å². The van der Waals surface area contributed by atoms with Crippen molar-refractivity contribution in [1.82, 2.24) is 15.1 Å². The van der Waals surface area contributed by atoms with Gasteiger partial charge in [-0.25, -0.2) is 4.79 Å². The van der Waals surface area contributed by atoms with Crippen molar-refractivity contribution in [3.63, 3.8) is 0 Å². The van der Waals surface area contributed by atoms with Crippen molar-refractivity contribution >= 4 is 34.2 Å². The molecule has 1 aromatic rings. The van der Waals surface area contributed by atoms with Crippen LogP contribution in [-0.2, 0) is 9.53 Å².